The predicted molar refractivity (Wildman–Crippen MR) is 58.7 cm³/mol. The lowest BCUT2D eigenvalue weighted by molar-refractivity contribution is -0.136. The number of nitrogens with one attached hydrogen (secondary N) is 2. The number of anilines is 1. The molecule has 0 atom stereocenters. The van der Waals surface area contributed by atoms with Gasteiger partial charge in [-0.2, -0.15) is 18.4 Å². The molecule has 1 aromatic carbocycles. The molecule has 96 valence electrons. The third-order valence-electron chi connectivity index (χ3n) is 2.00. The maximum absolute atomic E-state index is 12.6. The van der Waals surface area contributed by atoms with Crippen molar-refractivity contribution in [3.05, 3.63) is 29.8 Å². The molecule has 0 bridgehead atoms. The quantitative estimate of drug-likeness (QED) is 0.818. The summed E-state index contributed by atoms with van der Waals surface area (Å²) in [7, 11) is 0. The standard InChI is InChI=1S/C11H10F3N3O/c12-11(13,14)8-4-1-2-5-9(8)17-10(18)16-7-3-6-15/h1-2,4-5H,3,7H2,(H2,16,17,18). The third kappa shape index (κ3) is 3.97. The molecule has 0 aliphatic rings. The Morgan fingerprint density at radius 3 is 2.61 bits per heavy atom. The van der Waals surface area contributed by atoms with E-state index in [4.69, 9.17) is 5.26 Å². The zero-order chi connectivity index (χ0) is 13.6. The van der Waals surface area contributed by atoms with E-state index < -0.39 is 17.8 Å². The van der Waals surface area contributed by atoms with Gasteiger partial charge in [0, 0.05) is 6.54 Å². The lowest BCUT2D eigenvalue weighted by atomic mass is 10.1. The number of halogens is 3. The van der Waals surface area contributed by atoms with Crippen molar-refractivity contribution in [3.63, 3.8) is 0 Å². The monoisotopic (exact) mass is 257 g/mol. The number of urea groups is 1. The highest BCUT2D eigenvalue weighted by molar-refractivity contribution is 5.90. The molecular formula is C11H10F3N3O. The van der Waals surface area contributed by atoms with E-state index >= 15 is 0 Å². The summed E-state index contributed by atoms with van der Waals surface area (Å²) in [5.41, 5.74) is -1.24. The second-order valence-electron chi connectivity index (χ2n) is 3.33. The Morgan fingerprint density at radius 2 is 2.00 bits per heavy atom. The highest BCUT2D eigenvalue weighted by Gasteiger charge is 2.33. The number of hydrogen-bond acceptors (Lipinski definition) is 2. The van der Waals surface area contributed by atoms with Crippen LogP contribution in [0.5, 0.6) is 0 Å². The smallest absolute Gasteiger partial charge is 0.337 e. The highest BCUT2D eigenvalue weighted by Crippen LogP contribution is 2.34. The Hall–Kier alpha value is -2.23. The number of carbonyl (C=O) groups is 1. The first-order valence-corrected chi connectivity index (χ1v) is 5.03. The minimum absolute atomic E-state index is 0.0799. The van der Waals surface area contributed by atoms with E-state index in [9.17, 15) is 18.0 Å². The fraction of sp³-hybridized carbons (Fsp3) is 0.273. The minimum atomic E-state index is -4.53. The summed E-state index contributed by atoms with van der Waals surface area (Å²) in [6, 6.07) is 5.69. The number of nitrogens with zero attached hydrogens (tertiary/aromatic N) is 1. The number of benzene rings is 1. The molecule has 0 spiro atoms. The maximum Gasteiger partial charge on any atom is 0.418 e. The number of carbonyl (C=O) groups excluding carboxylic acids is 1. The summed E-state index contributed by atoms with van der Waals surface area (Å²) in [6.45, 7) is 0.0799. The van der Waals surface area contributed by atoms with Crippen LogP contribution in [0.15, 0.2) is 24.3 Å². The number of alkyl halides is 3. The van der Waals surface area contributed by atoms with Crippen LogP contribution in [0, 0.1) is 11.3 Å². The van der Waals surface area contributed by atoms with Gasteiger partial charge in [0.2, 0.25) is 0 Å². The first kappa shape index (κ1) is 13.8. The Bertz CT molecular complexity index is 465. The van der Waals surface area contributed by atoms with E-state index in [1.54, 1.807) is 6.07 Å². The van der Waals surface area contributed by atoms with Crippen LogP contribution in [0.1, 0.15) is 12.0 Å². The molecule has 18 heavy (non-hydrogen) atoms. The maximum atomic E-state index is 12.6. The van der Waals surface area contributed by atoms with Crippen molar-refractivity contribution in [1.82, 2.24) is 5.32 Å². The third-order valence-corrected chi connectivity index (χ3v) is 2.00. The second kappa shape index (κ2) is 5.91. The van der Waals surface area contributed by atoms with Gasteiger partial charge in [-0.05, 0) is 12.1 Å². The van der Waals surface area contributed by atoms with Crippen LogP contribution in [-0.2, 0) is 6.18 Å². The van der Waals surface area contributed by atoms with E-state index in [1.807, 2.05) is 0 Å². The van der Waals surface area contributed by atoms with Gasteiger partial charge >= 0.3 is 12.2 Å². The van der Waals surface area contributed by atoms with Crippen LogP contribution in [0.25, 0.3) is 0 Å². The van der Waals surface area contributed by atoms with Crippen molar-refractivity contribution >= 4 is 11.7 Å². The van der Waals surface area contributed by atoms with Crippen LogP contribution in [0.2, 0.25) is 0 Å². The minimum Gasteiger partial charge on any atom is -0.337 e. The van der Waals surface area contributed by atoms with Crippen molar-refractivity contribution in [3.8, 4) is 6.07 Å². The molecule has 0 saturated heterocycles. The normalized spacial score (nSPS) is 10.6. The van der Waals surface area contributed by atoms with Gasteiger partial charge in [-0.3, -0.25) is 0 Å². The van der Waals surface area contributed by atoms with E-state index in [-0.39, 0.29) is 18.7 Å². The van der Waals surface area contributed by atoms with Crippen LogP contribution in [0.4, 0.5) is 23.7 Å². The SMILES string of the molecule is N#CCCNC(=O)Nc1ccccc1C(F)(F)F. The lowest BCUT2D eigenvalue weighted by Gasteiger charge is -2.13. The van der Waals surface area contributed by atoms with Gasteiger partial charge in [-0.1, -0.05) is 12.1 Å². The fourth-order valence-electron chi connectivity index (χ4n) is 1.24. The second-order valence-corrected chi connectivity index (χ2v) is 3.33. The Morgan fingerprint density at radius 1 is 1.33 bits per heavy atom. The van der Waals surface area contributed by atoms with Gasteiger partial charge in [0.15, 0.2) is 0 Å². The van der Waals surface area contributed by atoms with Crippen LogP contribution in [0.3, 0.4) is 0 Å². The molecule has 0 fully saturated rings. The van der Waals surface area contributed by atoms with Gasteiger partial charge in [-0.15, -0.1) is 0 Å². The largest absolute Gasteiger partial charge is 0.418 e. The molecule has 0 aliphatic carbocycles. The van der Waals surface area contributed by atoms with Gasteiger partial charge in [-0.25, -0.2) is 4.79 Å². The highest BCUT2D eigenvalue weighted by atomic mass is 19.4. The average molecular weight is 257 g/mol. The number of amides is 2. The van der Waals surface area contributed by atoms with Gasteiger partial charge in [0.1, 0.15) is 0 Å². The molecule has 4 nitrogen and oxygen atoms in total. The van der Waals surface area contributed by atoms with Crippen molar-refractivity contribution < 1.29 is 18.0 Å². The molecule has 7 heteroatoms. The lowest BCUT2D eigenvalue weighted by Crippen LogP contribution is -2.30. The number of hydrogen-bond donors (Lipinski definition) is 2. The van der Waals surface area contributed by atoms with Gasteiger partial charge < -0.3 is 10.6 Å². The molecule has 0 heterocycles. The Balaban J connectivity index is 2.73. The number of para-hydroxylation sites is 1. The molecule has 1 rings (SSSR count). The summed E-state index contributed by atoms with van der Waals surface area (Å²) >= 11 is 0. The molecule has 1 aromatic rings. The molecule has 0 unspecified atom stereocenters. The van der Waals surface area contributed by atoms with Gasteiger partial charge in [0.25, 0.3) is 0 Å². The first-order valence-electron chi connectivity index (χ1n) is 5.03. The summed E-state index contributed by atoms with van der Waals surface area (Å²) in [5, 5.41) is 12.6. The van der Waals surface area contributed by atoms with E-state index in [0.717, 1.165) is 12.1 Å². The molecule has 2 N–H and O–H groups in total. The molecular weight excluding hydrogens is 247 g/mol. The zero-order valence-corrected chi connectivity index (χ0v) is 9.21. The van der Waals surface area contributed by atoms with E-state index in [1.165, 1.54) is 12.1 Å². The van der Waals surface area contributed by atoms with E-state index in [0.29, 0.717) is 0 Å². The molecule has 0 saturated carbocycles. The Labute approximate surface area is 101 Å². The van der Waals surface area contributed by atoms with Crippen molar-refractivity contribution in [2.75, 3.05) is 11.9 Å². The van der Waals surface area contributed by atoms with Gasteiger partial charge in [0.05, 0.1) is 23.7 Å². The van der Waals surface area contributed by atoms with Crippen molar-refractivity contribution in [1.29, 1.82) is 5.26 Å². The first-order chi connectivity index (χ1) is 8.45. The molecule has 0 radical (unpaired) electrons. The summed E-state index contributed by atoms with van der Waals surface area (Å²) in [4.78, 5) is 11.3. The van der Waals surface area contributed by atoms with Crippen LogP contribution in [-0.4, -0.2) is 12.6 Å². The summed E-state index contributed by atoms with van der Waals surface area (Å²) < 4.78 is 37.8. The number of rotatable bonds is 3. The van der Waals surface area contributed by atoms with Crippen molar-refractivity contribution in [2.24, 2.45) is 0 Å². The molecule has 2 amide bonds. The predicted octanol–water partition coefficient (Wildman–Crippen LogP) is 2.74. The van der Waals surface area contributed by atoms with Crippen LogP contribution >= 0.6 is 0 Å². The molecule has 0 aromatic heterocycles. The van der Waals surface area contributed by atoms with E-state index in [2.05, 4.69) is 10.6 Å². The summed E-state index contributed by atoms with van der Waals surface area (Å²) in [5.74, 6) is 0. The topological polar surface area (TPSA) is 64.9 Å². The molecule has 0 aliphatic heterocycles. The summed E-state index contributed by atoms with van der Waals surface area (Å²) in [6.07, 6.45) is -4.44. The number of nitriles is 1. The van der Waals surface area contributed by atoms with Crippen LogP contribution < -0.4 is 10.6 Å². The average Bonchev–Trinajstić information content (AvgIpc) is 2.28. The zero-order valence-electron chi connectivity index (χ0n) is 9.21. The fourth-order valence-corrected chi connectivity index (χ4v) is 1.24. The van der Waals surface area contributed by atoms with Crippen molar-refractivity contribution in [2.45, 2.75) is 12.6 Å². The Kier molecular flexibility index (Phi) is 4.54.